The summed E-state index contributed by atoms with van der Waals surface area (Å²) < 4.78 is 6.73. The lowest BCUT2D eigenvalue weighted by molar-refractivity contribution is 0.0593. The minimum atomic E-state index is -1.08. The molecule has 1 aliphatic heterocycles. The van der Waals surface area contributed by atoms with Gasteiger partial charge in [0.15, 0.2) is 0 Å². The van der Waals surface area contributed by atoms with E-state index in [0.717, 1.165) is 12.8 Å². The fraction of sp³-hybridized carbons (Fsp3) is 0.357. The second-order valence-corrected chi connectivity index (χ2v) is 5.04. The average molecular weight is 290 g/mol. The van der Waals surface area contributed by atoms with Gasteiger partial charge in [-0.2, -0.15) is 0 Å². The Morgan fingerprint density at radius 3 is 2.86 bits per heavy atom. The highest BCUT2D eigenvalue weighted by atomic mass is 16.5. The van der Waals surface area contributed by atoms with Gasteiger partial charge in [-0.25, -0.2) is 4.79 Å². The number of hydrogen-bond acceptors (Lipinski definition) is 4. The molecule has 1 saturated heterocycles. The second kappa shape index (κ2) is 5.17. The van der Waals surface area contributed by atoms with Gasteiger partial charge in [0.2, 0.25) is 0 Å². The second-order valence-electron chi connectivity index (χ2n) is 5.04. The number of aromatic carboxylic acids is 1. The van der Waals surface area contributed by atoms with Crippen molar-refractivity contribution in [1.82, 2.24) is 9.55 Å². The predicted octanol–water partition coefficient (Wildman–Crippen LogP) is 0.739. The van der Waals surface area contributed by atoms with Gasteiger partial charge >= 0.3 is 17.1 Å². The molecule has 1 unspecified atom stereocenters. The molecule has 2 N–H and O–H groups in total. The molecule has 0 bridgehead atoms. The largest absolute Gasteiger partial charge is 0.478 e. The van der Waals surface area contributed by atoms with Gasteiger partial charge < -0.3 is 14.8 Å². The highest BCUT2D eigenvalue weighted by Crippen LogP contribution is 2.22. The Morgan fingerprint density at radius 1 is 1.38 bits per heavy atom. The molecule has 0 spiro atoms. The first-order valence-corrected chi connectivity index (χ1v) is 6.67. The third kappa shape index (κ3) is 2.36. The van der Waals surface area contributed by atoms with Gasteiger partial charge in [0.25, 0.3) is 0 Å². The average Bonchev–Trinajstić information content (AvgIpc) is 2.49. The van der Waals surface area contributed by atoms with Gasteiger partial charge in [0, 0.05) is 6.61 Å². The standard InChI is InChI=1S/C14H14N2O5/c17-12-13(18)16(9-2-1-5-21-7-9)11-6-8(14(19)20)3-4-10(11)15-12/h3-4,6,9H,1-2,5,7H2,(H,15,17)(H,19,20). The highest BCUT2D eigenvalue weighted by Gasteiger charge is 2.21. The molecule has 0 aliphatic carbocycles. The number of aromatic amines is 1. The molecule has 1 aromatic heterocycles. The Labute approximate surface area is 118 Å². The molecule has 7 nitrogen and oxygen atoms in total. The molecule has 1 aromatic carbocycles. The number of ether oxygens (including phenoxy) is 1. The van der Waals surface area contributed by atoms with E-state index in [1.165, 1.54) is 22.8 Å². The number of nitrogens with zero attached hydrogens (tertiary/aromatic N) is 1. The molecule has 7 heteroatoms. The lowest BCUT2D eigenvalue weighted by Gasteiger charge is -2.25. The minimum Gasteiger partial charge on any atom is -0.478 e. The maximum atomic E-state index is 12.2. The van der Waals surface area contributed by atoms with Crippen molar-refractivity contribution in [3.8, 4) is 0 Å². The fourth-order valence-corrected chi connectivity index (χ4v) is 2.65. The summed E-state index contributed by atoms with van der Waals surface area (Å²) in [6.07, 6.45) is 1.51. The molecule has 110 valence electrons. The smallest absolute Gasteiger partial charge is 0.335 e. The Balaban J connectivity index is 2.30. The zero-order valence-electron chi connectivity index (χ0n) is 11.2. The van der Waals surface area contributed by atoms with Gasteiger partial charge in [-0.15, -0.1) is 0 Å². The van der Waals surface area contributed by atoms with Crippen LogP contribution in [0.25, 0.3) is 11.0 Å². The summed E-state index contributed by atoms with van der Waals surface area (Å²) in [5.74, 6) is -1.08. The maximum absolute atomic E-state index is 12.2. The van der Waals surface area contributed by atoms with E-state index in [-0.39, 0.29) is 11.6 Å². The number of aromatic nitrogens is 2. The van der Waals surface area contributed by atoms with Crippen LogP contribution in [0, 0.1) is 0 Å². The summed E-state index contributed by atoms with van der Waals surface area (Å²) in [5.41, 5.74) is -0.471. The number of nitrogens with one attached hydrogen (secondary N) is 1. The summed E-state index contributed by atoms with van der Waals surface area (Å²) in [6.45, 7) is 0.975. The lowest BCUT2D eigenvalue weighted by Crippen LogP contribution is -2.40. The molecule has 1 atom stereocenters. The van der Waals surface area contributed by atoms with Crippen LogP contribution in [-0.4, -0.2) is 33.8 Å². The first-order chi connectivity index (χ1) is 10.1. The molecule has 2 heterocycles. The van der Waals surface area contributed by atoms with E-state index in [4.69, 9.17) is 9.84 Å². The lowest BCUT2D eigenvalue weighted by atomic mass is 10.1. The van der Waals surface area contributed by atoms with Crippen molar-refractivity contribution in [1.29, 1.82) is 0 Å². The Bertz CT molecular complexity index is 814. The van der Waals surface area contributed by atoms with Gasteiger partial charge in [0.05, 0.1) is 29.2 Å². The van der Waals surface area contributed by atoms with E-state index in [9.17, 15) is 14.4 Å². The Morgan fingerprint density at radius 2 is 2.19 bits per heavy atom. The van der Waals surface area contributed by atoms with Crippen molar-refractivity contribution in [3.63, 3.8) is 0 Å². The SMILES string of the molecule is O=C(O)c1ccc2[nH]c(=O)c(=O)n(C3CCCOC3)c2c1. The van der Waals surface area contributed by atoms with Crippen molar-refractivity contribution < 1.29 is 14.6 Å². The van der Waals surface area contributed by atoms with Gasteiger partial charge in [0.1, 0.15) is 0 Å². The van der Waals surface area contributed by atoms with Crippen LogP contribution in [0.2, 0.25) is 0 Å². The van der Waals surface area contributed by atoms with E-state index in [0.29, 0.717) is 24.2 Å². The first-order valence-electron chi connectivity index (χ1n) is 6.67. The summed E-state index contributed by atoms with van der Waals surface area (Å²) in [7, 11) is 0. The fourth-order valence-electron chi connectivity index (χ4n) is 2.65. The van der Waals surface area contributed by atoms with E-state index >= 15 is 0 Å². The number of hydrogen-bond donors (Lipinski definition) is 2. The molecular weight excluding hydrogens is 276 g/mol. The zero-order valence-corrected chi connectivity index (χ0v) is 11.2. The number of rotatable bonds is 2. The van der Waals surface area contributed by atoms with E-state index < -0.39 is 17.1 Å². The van der Waals surface area contributed by atoms with Gasteiger partial charge in [-0.3, -0.25) is 14.2 Å². The highest BCUT2D eigenvalue weighted by molar-refractivity contribution is 5.92. The van der Waals surface area contributed by atoms with E-state index in [1.807, 2.05) is 0 Å². The predicted molar refractivity (Wildman–Crippen MR) is 74.9 cm³/mol. The molecule has 0 amide bonds. The van der Waals surface area contributed by atoms with Crippen LogP contribution in [0.1, 0.15) is 29.2 Å². The Hall–Kier alpha value is -2.41. The monoisotopic (exact) mass is 290 g/mol. The molecule has 21 heavy (non-hydrogen) atoms. The van der Waals surface area contributed by atoms with Gasteiger partial charge in [-0.05, 0) is 31.0 Å². The van der Waals surface area contributed by atoms with Crippen LogP contribution in [0.3, 0.4) is 0 Å². The van der Waals surface area contributed by atoms with Crippen LogP contribution in [0.5, 0.6) is 0 Å². The van der Waals surface area contributed by atoms with Crippen molar-refractivity contribution in [2.24, 2.45) is 0 Å². The maximum Gasteiger partial charge on any atom is 0.335 e. The number of benzene rings is 1. The van der Waals surface area contributed by atoms with Crippen LogP contribution >= 0.6 is 0 Å². The normalized spacial score (nSPS) is 18.8. The number of fused-ring (bicyclic) bond motifs is 1. The molecule has 1 aliphatic rings. The molecular formula is C14H14N2O5. The molecule has 0 saturated carbocycles. The van der Waals surface area contributed by atoms with Crippen LogP contribution in [-0.2, 0) is 4.74 Å². The first kappa shape index (κ1) is 13.6. The topological polar surface area (TPSA) is 101 Å². The quantitative estimate of drug-likeness (QED) is 0.794. The summed E-state index contributed by atoms with van der Waals surface area (Å²) in [6, 6.07) is 4.05. The van der Waals surface area contributed by atoms with Crippen molar-refractivity contribution in [2.75, 3.05) is 13.2 Å². The summed E-state index contributed by atoms with van der Waals surface area (Å²) >= 11 is 0. The number of carboxylic acids is 1. The third-order valence-corrected chi connectivity index (χ3v) is 3.67. The third-order valence-electron chi connectivity index (χ3n) is 3.67. The van der Waals surface area contributed by atoms with Crippen molar-refractivity contribution in [3.05, 3.63) is 44.5 Å². The summed E-state index contributed by atoms with van der Waals surface area (Å²) in [4.78, 5) is 37.5. The summed E-state index contributed by atoms with van der Waals surface area (Å²) in [5, 5.41) is 9.09. The van der Waals surface area contributed by atoms with Crippen LogP contribution < -0.4 is 11.1 Å². The molecule has 3 rings (SSSR count). The van der Waals surface area contributed by atoms with Crippen molar-refractivity contribution >= 4 is 17.0 Å². The minimum absolute atomic E-state index is 0.0689. The van der Waals surface area contributed by atoms with Gasteiger partial charge in [-0.1, -0.05) is 0 Å². The number of carbonyl (C=O) groups is 1. The molecule has 1 fully saturated rings. The zero-order chi connectivity index (χ0) is 15.0. The molecule has 0 radical (unpaired) electrons. The number of carboxylic acid groups (broad SMARTS) is 1. The van der Waals surface area contributed by atoms with Crippen molar-refractivity contribution in [2.45, 2.75) is 18.9 Å². The van der Waals surface area contributed by atoms with E-state index in [1.54, 1.807) is 0 Å². The molecule has 2 aromatic rings. The number of H-pyrrole nitrogens is 1. The Kier molecular flexibility index (Phi) is 3.34. The van der Waals surface area contributed by atoms with E-state index in [2.05, 4.69) is 4.98 Å². The van der Waals surface area contributed by atoms with Crippen LogP contribution in [0.15, 0.2) is 27.8 Å². The van der Waals surface area contributed by atoms with Crippen LogP contribution in [0.4, 0.5) is 0 Å².